The van der Waals surface area contributed by atoms with E-state index in [-0.39, 0.29) is 6.42 Å². The molecule has 0 bridgehead atoms. The number of nitrogens with zero attached hydrogens (tertiary/aromatic N) is 1. The molecule has 0 aliphatic carbocycles. The molecule has 0 aliphatic rings. The number of aromatic amines is 1. The minimum atomic E-state index is -1.59. The molecule has 162 valence electrons. The van der Waals surface area contributed by atoms with Gasteiger partial charge in [-0.3, -0.25) is 4.79 Å². The molecule has 2 unspecified atom stereocenters. The zero-order valence-electron chi connectivity index (χ0n) is 17.1. The zero-order valence-corrected chi connectivity index (χ0v) is 17.9. The average molecular weight is 447 g/mol. The summed E-state index contributed by atoms with van der Waals surface area (Å²) in [7, 11) is -1.59. The lowest BCUT2D eigenvalue weighted by molar-refractivity contribution is -0.137. The van der Waals surface area contributed by atoms with E-state index in [9.17, 15) is 14.1 Å². The second-order valence-corrected chi connectivity index (χ2v) is 8.36. The van der Waals surface area contributed by atoms with Crippen molar-refractivity contribution in [2.75, 3.05) is 5.32 Å². The maximum atomic E-state index is 13.1. The van der Waals surface area contributed by atoms with Gasteiger partial charge in [0.1, 0.15) is 11.0 Å². The van der Waals surface area contributed by atoms with Crippen molar-refractivity contribution in [3.05, 3.63) is 96.8 Å². The number of hydrogen-bond donors (Lipinski definition) is 4. The van der Waals surface area contributed by atoms with Crippen LogP contribution in [-0.4, -0.2) is 25.3 Å². The molecular weight excluding hydrogens is 424 g/mol. The number of carboxylic acid groups (broad SMARTS) is 1. The highest BCUT2D eigenvalue weighted by atomic mass is 32.2. The summed E-state index contributed by atoms with van der Waals surface area (Å²) in [5.41, 5.74) is 3.49. The van der Waals surface area contributed by atoms with Crippen molar-refractivity contribution >= 4 is 28.6 Å². The summed E-state index contributed by atoms with van der Waals surface area (Å²) in [6.45, 7) is 0. The molecule has 0 saturated carbocycles. The molecule has 0 aliphatic heterocycles. The fraction of sp³-hybridized carbons (Fsp3) is 0.0833. The fourth-order valence-corrected chi connectivity index (χ4v) is 4.37. The number of H-pyrrole nitrogens is 1. The first kappa shape index (κ1) is 21.5. The van der Waals surface area contributed by atoms with E-state index in [1.54, 1.807) is 18.5 Å². The van der Waals surface area contributed by atoms with Gasteiger partial charge in [0, 0.05) is 18.1 Å². The van der Waals surface area contributed by atoms with Gasteiger partial charge in [0.15, 0.2) is 0 Å². The number of aliphatic carboxylic acids is 1. The Morgan fingerprint density at radius 1 is 1.00 bits per heavy atom. The van der Waals surface area contributed by atoms with Crippen molar-refractivity contribution in [3.63, 3.8) is 0 Å². The van der Waals surface area contributed by atoms with Crippen molar-refractivity contribution in [3.8, 4) is 11.1 Å². The molecule has 1 heterocycles. The van der Waals surface area contributed by atoms with Gasteiger partial charge in [-0.15, -0.1) is 0 Å². The highest BCUT2D eigenvalue weighted by Gasteiger charge is 2.18. The molecule has 1 aromatic heterocycles. The number of carboxylic acids is 1. The number of anilines is 2. The van der Waals surface area contributed by atoms with Crippen LogP contribution in [0.5, 0.6) is 0 Å². The Balaban J connectivity index is 1.54. The third kappa shape index (κ3) is 5.48. The molecule has 0 amide bonds. The van der Waals surface area contributed by atoms with Gasteiger partial charge in [-0.2, -0.15) is 0 Å². The number of nitrogens with one attached hydrogen (secondary N) is 3. The first-order valence-corrected chi connectivity index (χ1v) is 11.1. The maximum Gasteiger partial charge on any atom is 0.305 e. The van der Waals surface area contributed by atoms with Gasteiger partial charge in [0.05, 0.1) is 17.4 Å². The second-order valence-electron chi connectivity index (χ2n) is 7.12. The van der Waals surface area contributed by atoms with Crippen molar-refractivity contribution in [2.24, 2.45) is 0 Å². The van der Waals surface area contributed by atoms with Crippen LogP contribution < -0.4 is 10.0 Å². The summed E-state index contributed by atoms with van der Waals surface area (Å²) >= 11 is 0. The summed E-state index contributed by atoms with van der Waals surface area (Å²) in [5.74, 6) is -0.315. The Morgan fingerprint density at radius 2 is 1.75 bits per heavy atom. The van der Waals surface area contributed by atoms with Gasteiger partial charge in [-0.1, -0.05) is 54.6 Å². The Labute approximate surface area is 188 Å². The van der Waals surface area contributed by atoms with Crippen LogP contribution in [0.4, 0.5) is 11.6 Å². The molecule has 2 atom stereocenters. The van der Waals surface area contributed by atoms with Crippen LogP contribution in [0.2, 0.25) is 0 Å². The largest absolute Gasteiger partial charge is 0.481 e. The predicted octanol–water partition coefficient (Wildman–Crippen LogP) is 4.65. The van der Waals surface area contributed by atoms with Crippen LogP contribution in [0.25, 0.3) is 11.1 Å². The van der Waals surface area contributed by atoms with Gasteiger partial charge in [-0.25, -0.2) is 13.9 Å². The van der Waals surface area contributed by atoms with Gasteiger partial charge in [0.25, 0.3) is 0 Å². The van der Waals surface area contributed by atoms with E-state index in [2.05, 4.69) is 20.0 Å². The molecule has 0 fully saturated rings. The molecular formula is C24H22N4O3S. The molecule has 4 N–H and O–H groups in total. The van der Waals surface area contributed by atoms with E-state index in [0.29, 0.717) is 10.8 Å². The molecule has 3 aromatic carbocycles. The Kier molecular flexibility index (Phi) is 6.74. The topological polar surface area (TPSA) is 107 Å². The molecule has 0 saturated heterocycles. The lowest BCUT2D eigenvalue weighted by Crippen LogP contribution is -2.26. The van der Waals surface area contributed by atoms with E-state index >= 15 is 0 Å². The minimum Gasteiger partial charge on any atom is -0.481 e. The molecule has 0 radical (unpaired) electrons. The average Bonchev–Trinajstić information content (AvgIpc) is 3.32. The third-order valence-electron chi connectivity index (χ3n) is 4.83. The van der Waals surface area contributed by atoms with E-state index in [4.69, 9.17) is 0 Å². The first-order valence-electron chi connectivity index (χ1n) is 10.00. The number of hydrogen-bond acceptors (Lipinski definition) is 4. The summed E-state index contributed by atoms with van der Waals surface area (Å²) in [5, 5.41) is 12.5. The van der Waals surface area contributed by atoms with E-state index in [1.807, 2.05) is 72.8 Å². The minimum absolute atomic E-state index is 0.171. The molecule has 4 rings (SSSR count). The molecule has 8 heteroatoms. The van der Waals surface area contributed by atoms with Crippen LogP contribution in [0.3, 0.4) is 0 Å². The Morgan fingerprint density at radius 3 is 2.47 bits per heavy atom. The fourth-order valence-electron chi connectivity index (χ4n) is 3.32. The Bertz CT molecular complexity index is 1210. The zero-order chi connectivity index (χ0) is 22.3. The van der Waals surface area contributed by atoms with Crippen molar-refractivity contribution in [1.29, 1.82) is 0 Å². The highest BCUT2D eigenvalue weighted by Crippen LogP contribution is 2.26. The lowest BCUT2D eigenvalue weighted by atomic mass is 10.1. The predicted molar refractivity (Wildman–Crippen MR) is 125 cm³/mol. The van der Waals surface area contributed by atoms with Crippen LogP contribution in [-0.2, 0) is 15.8 Å². The molecule has 32 heavy (non-hydrogen) atoms. The Hall–Kier alpha value is -3.75. The second kappa shape index (κ2) is 10.0. The van der Waals surface area contributed by atoms with Gasteiger partial charge >= 0.3 is 5.97 Å². The maximum absolute atomic E-state index is 13.1. The first-order chi connectivity index (χ1) is 15.6. The summed E-state index contributed by atoms with van der Waals surface area (Å²) in [4.78, 5) is 19.1. The number of rotatable bonds is 9. The quantitative estimate of drug-likeness (QED) is 0.299. The smallest absolute Gasteiger partial charge is 0.305 e. The SMILES string of the molecule is O=C(O)CC(NS(=O)c1cccc(-c2cccc(Nc3ncc[nH]3)c2)c1)c1ccccc1. The van der Waals surface area contributed by atoms with Gasteiger partial charge in [-0.05, 0) is 41.0 Å². The normalized spacial score (nSPS) is 12.8. The standard InChI is InChI=1S/C24H22N4O3S/c29-23(30)16-22(17-6-2-1-3-7-17)28-32(31)21-11-5-9-19(15-21)18-8-4-10-20(14-18)27-24-25-12-13-26-24/h1-15,22,28H,16H2,(H,29,30)(H2,25,26,27). The molecule has 4 aromatic rings. The molecule has 0 spiro atoms. The summed E-state index contributed by atoms with van der Waals surface area (Å²) in [6, 6.07) is 23.8. The number of aromatic nitrogens is 2. The summed E-state index contributed by atoms with van der Waals surface area (Å²) < 4.78 is 16.0. The van der Waals surface area contributed by atoms with E-state index in [0.717, 1.165) is 22.4 Å². The van der Waals surface area contributed by atoms with Crippen molar-refractivity contribution < 1.29 is 14.1 Å². The van der Waals surface area contributed by atoms with E-state index < -0.39 is 23.0 Å². The van der Waals surface area contributed by atoms with Gasteiger partial charge in [0.2, 0.25) is 5.95 Å². The highest BCUT2D eigenvalue weighted by molar-refractivity contribution is 7.83. The van der Waals surface area contributed by atoms with Gasteiger partial charge < -0.3 is 15.4 Å². The third-order valence-corrected chi connectivity index (χ3v) is 6.02. The van der Waals surface area contributed by atoms with E-state index in [1.165, 1.54) is 0 Å². The number of imidazole rings is 1. The number of benzene rings is 3. The monoisotopic (exact) mass is 446 g/mol. The lowest BCUT2D eigenvalue weighted by Gasteiger charge is -2.17. The van der Waals surface area contributed by atoms with Crippen molar-refractivity contribution in [1.82, 2.24) is 14.7 Å². The van der Waals surface area contributed by atoms with Crippen LogP contribution in [0.15, 0.2) is 96.2 Å². The molecule has 7 nitrogen and oxygen atoms in total. The number of carbonyl (C=O) groups is 1. The van der Waals surface area contributed by atoms with Crippen LogP contribution in [0, 0.1) is 0 Å². The summed E-state index contributed by atoms with van der Waals surface area (Å²) in [6.07, 6.45) is 3.24. The van der Waals surface area contributed by atoms with Crippen LogP contribution >= 0.6 is 0 Å². The van der Waals surface area contributed by atoms with Crippen molar-refractivity contribution in [2.45, 2.75) is 17.4 Å². The van der Waals surface area contributed by atoms with Crippen LogP contribution in [0.1, 0.15) is 18.0 Å².